The van der Waals surface area contributed by atoms with Gasteiger partial charge in [0.15, 0.2) is 0 Å². The zero-order valence-corrected chi connectivity index (χ0v) is 6.45. The number of rotatable bonds is 5. The second kappa shape index (κ2) is 8.23. The van der Waals surface area contributed by atoms with Crippen molar-refractivity contribution >= 4 is 5.97 Å². The minimum absolute atomic E-state index is 0. The minimum atomic E-state index is -0.760. The summed E-state index contributed by atoms with van der Waals surface area (Å²) in [6.45, 7) is 3.30. The molecule has 0 radical (unpaired) electrons. The molecule has 1 atom stereocenters. The van der Waals surface area contributed by atoms with Gasteiger partial charge in [0.2, 0.25) is 0 Å². The van der Waals surface area contributed by atoms with Crippen LogP contribution in [0.15, 0.2) is 12.7 Å². The van der Waals surface area contributed by atoms with Crippen LogP contribution in [0.1, 0.15) is 7.43 Å². The van der Waals surface area contributed by atoms with Crippen molar-refractivity contribution in [2.45, 2.75) is 13.5 Å². The van der Waals surface area contributed by atoms with Gasteiger partial charge in [-0.3, -0.25) is 0 Å². The zero-order valence-electron chi connectivity index (χ0n) is 6.45. The third-order valence-electron chi connectivity index (χ3n) is 0.944. The van der Waals surface area contributed by atoms with Crippen molar-refractivity contribution in [3.63, 3.8) is 0 Å². The molecular weight excluding hydrogens is 160 g/mol. The van der Waals surface area contributed by atoms with Crippen molar-refractivity contribution in [1.29, 1.82) is 0 Å². The van der Waals surface area contributed by atoms with Crippen molar-refractivity contribution in [3.8, 4) is 0 Å². The lowest BCUT2D eigenvalue weighted by molar-refractivity contribution is -0.141. The SMILES string of the molecule is C.C=CC(=O)OCC(O)COC. The minimum Gasteiger partial charge on any atom is -0.460 e. The van der Waals surface area contributed by atoms with Gasteiger partial charge in [-0.05, 0) is 0 Å². The first-order valence-corrected chi connectivity index (χ1v) is 3.17. The van der Waals surface area contributed by atoms with Crippen LogP contribution in [0.3, 0.4) is 0 Å². The van der Waals surface area contributed by atoms with Gasteiger partial charge in [0.25, 0.3) is 0 Å². The Bertz CT molecular complexity index is 133. The number of carbonyl (C=O) groups is 1. The highest BCUT2D eigenvalue weighted by molar-refractivity contribution is 5.81. The summed E-state index contributed by atoms with van der Waals surface area (Å²) in [7, 11) is 1.46. The fourth-order valence-corrected chi connectivity index (χ4v) is 0.478. The molecule has 0 spiro atoms. The number of aliphatic hydroxyl groups is 1. The molecular formula is C8H16O4. The van der Waals surface area contributed by atoms with E-state index in [4.69, 9.17) is 5.11 Å². The molecule has 0 amide bonds. The molecule has 0 fully saturated rings. The van der Waals surface area contributed by atoms with Gasteiger partial charge < -0.3 is 14.6 Å². The van der Waals surface area contributed by atoms with E-state index in [1.807, 2.05) is 0 Å². The first kappa shape index (κ1) is 13.7. The maximum Gasteiger partial charge on any atom is 0.330 e. The lowest BCUT2D eigenvalue weighted by Gasteiger charge is -2.08. The Labute approximate surface area is 72.8 Å². The highest BCUT2D eigenvalue weighted by Gasteiger charge is 2.04. The molecule has 0 heterocycles. The summed E-state index contributed by atoms with van der Waals surface area (Å²) >= 11 is 0. The van der Waals surface area contributed by atoms with Crippen molar-refractivity contribution in [2.24, 2.45) is 0 Å². The number of esters is 1. The molecule has 0 aliphatic heterocycles. The monoisotopic (exact) mass is 176 g/mol. The Hall–Kier alpha value is -0.870. The van der Waals surface area contributed by atoms with Crippen molar-refractivity contribution < 1.29 is 19.4 Å². The number of carbonyl (C=O) groups excluding carboxylic acids is 1. The Kier molecular flexibility index (Phi) is 9.40. The van der Waals surface area contributed by atoms with Gasteiger partial charge in [0.05, 0.1) is 6.61 Å². The van der Waals surface area contributed by atoms with Crippen LogP contribution in [0.5, 0.6) is 0 Å². The van der Waals surface area contributed by atoms with E-state index in [1.165, 1.54) is 7.11 Å². The molecule has 0 aromatic carbocycles. The van der Waals surface area contributed by atoms with E-state index in [9.17, 15) is 4.79 Å². The quantitative estimate of drug-likeness (QED) is 0.485. The van der Waals surface area contributed by atoms with E-state index >= 15 is 0 Å². The molecule has 0 aromatic heterocycles. The van der Waals surface area contributed by atoms with Crippen LogP contribution >= 0.6 is 0 Å². The van der Waals surface area contributed by atoms with E-state index in [-0.39, 0.29) is 20.6 Å². The number of hydrogen-bond acceptors (Lipinski definition) is 4. The third kappa shape index (κ3) is 7.24. The third-order valence-corrected chi connectivity index (χ3v) is 0.944. The Morgan fingerprint density at radius 1 is 1.67 bits per heavy atom. The van der Waals surface area contributed by atoms with Gasteiger partial charge in [-0.25, -0.2) is 4.79 Å². The smallest absolute Gasteiger partial charge is 0.330 e. The molecule has 4 nitrogen and oxygen atoms in total. The number of ether oxygens (including phenoxy) is 2. The molecule has 72 valence electrons. The summed E-state index contributed by atoms with van der Waals surface area (Å²) < 4.78 is 9.12. The normalized spacial score (nSPS) is 11.2. The Balaban J connectivity index is 0. The molecule has 4 heteroatoms. The molecule has 0 bridgehead atoms. The van der Waals surface area contributed by atoms with Crippen molar-refractivity contribution in [1.82, 2.24) is 0 Å². The summed E-state index contributed by atoms with van der Waals surface area (Å²) in [5, 5.41) is 8.96. The van der Waals surface area contributed by atoms with Gasteiger partial charge in [0.1, 0.15) is 12.7 Å². The average Bonchev–Trinajstić information content (AvgIpc) is 2.01. The molecule has 1 N–H and O–H groups in total. The number of methoxy groups -OCH3 is 1. The Morgan fingerprint density at radius 2 is 2.25 bits per heavy atom. The van der Waals surface area contributed by atoms with Crippen LogP contribution in [0.25, 0.3) is 0 Å². The average molecular weight is 176 g/mol. The van der Waals surface area contributed by atoms with Crippen molar-refractivity contribution in [3.05, 3.63) is 12.7 Å². The lowest BCUT2D eigenvalue weighted by Crippen LogP contribution is -2.22. The molecule has 0 aliphatic carbocycles. The van der Waals surface area contributed by atoms with Crippen LogP contribution in [0.2, 0.25) is 0 Å². The van der Waals surface area contributed by atoms with E-state index in [1.54, 1.807) is 0 Å². The van der Waals surface area contributed by atoms with Crippen LogP contribution in [-0.2, 0) is 14.3 Å². The molecule has 0 rings (SSSR count). The summed E-state index contributed by atoms with van der Waals surface area (Å²) in [5.41, 5.74) is 0. The van der Waals surface area contributed by atoms with Gasteiger partial charge in [0, 0.05) is 13.2 Å². The van der Waals surface area contributed by atoms with Crippen molar-refractivity contribution in [2.75, 3.05) is 20.3 Å². The molecule has 0 saturated heterocycles. The number of hydrogen-bond donors (Lipinski definition) is 1. The van der Waals surface area contributed by atoms with Gasteiger partial charge in [-0.15, -0.1) is 0 Å². The van der Waals surface area contributed by atoms with E-state index in [0.29, 0.717) is 0 Å². The second-order valence-electron chi connectivity index (χ2n) is 1.94. The van der Waals surface area contributed by atoms with E-state index in [2.05, 4.69) is 16.1 Å². The fraction of sp³-hybridized carbons (Fsp3) is 0.625. The Morgan fingerprint density at radius 3 is 2.67 bits per heavy atom. The fourth-order valence-electron chi connectivity index (χ4n) is 0.478. The molecule has 0 saturated carbocycles. The predicted octanol–water partition coefficient (Wildman–Crippen LogP) is 0.359. The zero-order chi connectivity index (χ0) is 8.69. The summed E-state index contributed by atoms with van der Waals surface area (Å²) in [4.78, 5) is 10.4. The molecule has 12 heavy (non-hydrogen) atoms. The predicted molar refractivity (Wildman–Crippen MR) is 45.8 cm³/mol. The first-order valence-electron chi connectivity index (χ1n) is 3.17. The van der Waals surface area contributed by atoms with Crippen LogP contribution < -0.4 is 0 Å². The highest BCUT2D eigenvalue weighted by atomic mass is 16.5. The van der Waals surface area contributed by atoms with Crippen LogP contribution in [-0.4, -0.2) is 37.5 Å². The number of aliphatic hydroxyl groups excluding tert-OH is 1. The van der Waals surface area contributed by atoms with Gasteiger partial charge in [-0.2, -0.15) is 0 Å². The molecule has 0 aromatic rings. The maximum atomic E-state index is 10.4. The topological polar surface area (TPSA) is 55.8 Å². The van der Waals surface area contributed by atoms with E-state index < -0.39 is 12.1 Å². The molecule has 1 unspecified atom stereocenters. The standard InChI is InChI=1S/C7H12O4.CH4/c1-3-7(9)11-5-6(8)4-10-2;/h3,6,8H,1,4-5H2,2H3;1H4. The summed E-state index contributed by atoms with van der Waals surface area (Å²) in [6, 6.07) is 0. The van der Waals surface area contributed by atoms with Gasteiger partial charge in [-0.1, -0.05) is 14.0 Å². The van der Waals surface area contributed by atoms with E-state index in [0.717, 1.165) is 6.08 Å². The lowest BCUT2D eigenvalue weighted by atomic mass is 10.4. The second-order valence-corrected chi connectivity index (χ2v) is 1.94. The largest absolute Gasteiger partial charge is 0.460 e. The summed E-state index contributed by atoms with van der Waals surface area (Å²) in [6.07, 6.45) is 0.281. The van der Waals surface area contributed by atoms with Gasteiger partial charge >= 0.3 is 5.97 Å². The van der Waals surface area contributed by atoms with Crippen LogP contribution in [0.4, 0.5) is 0 Å². The maximum absolute atomic E-state index is 10.4. The van der Waals surface area contributed by atoms with Crippen LogP contribution in [0, 0.1) is 0 Å². The summed E-state index contributed by atoms with van der Waals surface area (Å²) in [5.74, 6) is -0.542. The molecule has 0 aliphatic rings. The highest BCUT2D eigenvalue weighted by Crippen LogP contribution is 1.87. The first-order chi connectivity index (χ1) is 5.20.